The highest BCUT2D eigenvalue weighted by molar-refractivity contribution is 5.82. The predicted octanol–water partition coefficient (Wildman–Crippen LogP) is 2.91. The van der Waals surface area contributed by atoms with Crippen LogP contribution in [0.15, 0.2) is 18.3 Å². The van der Waals surface area contributed by atoms with Gasteiger partial charge in [0, 0.05) is 19.3 Å². The van der Waals surface area contributed by atoms with Gasteiger partial charge in [-0.05, 0) is 37.8 Å². The Balaban J connectivity index is 2.13. The molecule has 1 aliphatic carbocycles. The number of aromatic nitrogens is 1. The molecule has 1 aliphatic rings. The van der Waals surface area contributed by atoms with E-state index in [1.807, 2.05) is 12.1 Å². The number of hydrogen-bond donors (Lipinski definition) is 0. The Hall–Kier alpha value is -1.38. The molecular formula is C14H20N2O. The van der Waals surface area contributed by atoms with E-state index in [1.165, 1.54) is 25.7 Å². The Morgan fingerprint density at radius 1 is 1.47 bits per heavy atom. The second kappa shape index (κ2) is 5.80. The molecule has 0 radical (unpaired) electrons. The first-order valence-corrected chi connectivity index (χ1v) is 6.50. The summed E-state index contributed by atoms with van der Waals surface area (Å²) in [5, 5.41) is 0. The average Bonchev–Trinajstić information content (AvgIpc) is 2.89. The van der Waals surface area contributed by atoms with Crippen molar-refractivity contribution in [2.75, 3.05) is 18.0 Å². The summed E-state index contributed by atoms with van der Waals surface area (Å²) in [6.07, 6.45) is 8.01. The summed E-state index contributed by atoms with van der Waals surface area (Å²) in [6, 6.07) is 3.66. The molecule has 0 amide bonds. The third-order valence-electron chi connectivity index (χ3n) is 3.58. The monoisotopic (exact) mass is 232 g/mol. The van der Waals surface area contributed by atoms with E-state index in [0.717, 1.165) is 31.1 Å². The lowest BCUT2D eigenvalue weighted by Gasteiger charge is -2.26. The molecule has 3 nitrogen and oxygen atoms in total. The summed E-state index contributed by atoms with van der Waals surface area (Å²) in [6.45, 7) is 4.07. The van der Waals surface area contributed by atoms with Crippen LogP contribution in [0.3, 0.4) is 0 Å². The Morgan fingerprint density at radius 2 is 2.24 bits per heavy atom. The van der Waals surface area contributed by atoms with Crippen LogP contribution in [-0.4, -0.2) is 24.4 Å². The van der Waals surface area contributed by atoms with Crippen LogP contribution in [0.2, 0.25) is 0 Å². The van der Waals surface area contributed by atoms with Gasteiger partial charge in [0.15, 0.2) is 6.29 Å². The fourth-order valence-corrected chi connectivity index (χ4v) is 2.64. The molecule has 92 valence electrons. The topological polar surface area (TPSA) is 33.2 Å². The molecule has 3 heteroatoms. The second-order valence-electron chi connectivity index (χ2n) is 4.72. The van der Waals surface area contributed by atoms with Crippen molar-refractivity contribution in [1.29, 1.82) is 0 Å². The van der Waals surface area contributed by atoms with Gasteiger partial charge < -0.3 is 4.90 Å². The molecule has 1 fully saturated rings. The number of rotatable bonds is 5. The first-order chi connectivity index (χ1) is 8.35. The van der Waals surface area contributed by atoms with Crippen molar-refractivity contribution in [2.24, 2.45) is 5.92 Å². The molecule has 0 aromatic carbocycles. The summed E-state index contributed by atoms with van der Waals surface area (Å²) in [4.78, 5) is 17.6. The highest BCUT2D eigenvalue weighted by Crippen LogP contribution is 2.27. The molecule has 0 N–H and O–H groups in total. The number of carbonyl (C=O) groups excluding carboxylic acids is 1. The SMILES string of the molecule is CCN(CC1CCCC1)c1ncccc1C=O. The number of carbonyl (C=O) groups is 1. The van der Waals surface area contributed by atoms with Crippen LogP contribution in [0.25, 0.3) is 0 Å². The van der Waals surface area contributed by atoms with Gasteiger partial charge in [-0.3, -0.25) is 4.79 Å². The second-order valence-corrected chi connectivity index (χ2v) is 4.72. The number of nitrogens with zero attached hydrogens (tertiary/aromatic N) is 2. The molecule has 0 bridgehead atoms. The van der Waals surface area contributed by atoms with Gasteiger partial charge in [0.25, 0.3) is 0 Å². The molecule has 0 unspecified atom stereocenters. The van der Waals surface area contributed by atoms with Crippen LogP contribution in [-0.2, 0) is 0 Å². The third-order valence-corrected chi connectivity index (χ3v) is 3.58. The fraction of sp³-hybridized carbons (Fsp3) is 0.571. The van der Waals surface area contributed by atoms with E-state index in [0.29, 0.717) is 5.56 Å². The van der Waals surface area contributed by atoms with Gasteiger partial charge in [-0.2, -0.15) is 0 Å². The summed E-state index contributed by atoms with van der Waals surface area (Å²) in [7, 11) is 0. The number of hydrogen-bond acceptors (Lipinski definition) is 3. The van der Waals surface area contributed by atoms with Crippen molar-refractivity contribution in [1.82, 2.24) is 4.98 Å². The first kappa shape index (κ1) is 12.1. The van der Waals surface area contributed by atoms with Gasteiger partial charge in [0.1, 0.15) is 5.82 Å². The maximum absolute atomic E-state index is 11.0. The van der Waals surface area contributed by atoms with Gasteiger partial charge in [-0.1, -0.05) is 12.8 Å². The normalized spacial score (nSPS) is 16.1. The van der Waals surface area contributed by atoms with E-state index in [-0.39, 0.29) is 0 Å². The van der Waals surface area contributed by atoms with Gasteiger partial charge in [0.05, 0.1) is 5.56 Å². The average molecular weight is 232 g/mol. The quantitative estimate of drug-likeness (QED) is 0.732. The highest BCUT2D eigenvalue weighted by atomic mass is 16.1. The highest BCUT2D eigenvalue weighted by Gasteiger charge is 2.19. The lowest BCUT2D eigenvalue weighted by atomic mass is 10.1. The van der Waals surface area contributed by atoms with Gasteiger partial charge in [-0.15, -0.1) is 0 Å². The van der Waals surface area contributed by atoms with Crippen molar-refractivity contribution in [3.05, 3.63) is 23.9 Å². The van der Waals surface area contributed by atoms with Crippen LogP contribution in [0.1, 0.15) is 43.0 Å². The molecule has 1 saturated carbocycles. The molecule has 0 saturated heterocycles. The Kier molecular flexibility index (Phi) is 4.13. The summed E-state index contributed by atoms with van der Waals surface area (Å²) >= 11 is 0. The Morgan fingerprint density at radius 3 is 2.88 bits per heavy atom. The van der Waals surface area contributed by atoms with E-state index < -0.39 is 0 Å². The van der Waals surface area contributed by atoms with Crippen molar-refractivity contribution in [3.63, 3.8) is 0 Å². The van der Waals surface area contributed by atoms with E-state index in [2.05, 4.69) is 16.8 Å². The summed E-state index contributed by atoms with van der Waals surface area (Å²) < 4.78 is 0. The standard InChI is InChI=1S/C14H20N2O/c1-2-16(10-12-6-3-4-7-12)14-13(11-17)8-5-9-15-14/h5,8-9,11-12H,2-4,6-7,10H2,1H3. The minimum atomic E-state index is 0.701. The summed E-state index contributed by atoms with van der Waals surface area (Å²) in [5.74, 6) is 1.62. The molecule has 2 rings (SSSR count). The minimum Gasteiger partial charge on any atom is -0.356 e. The third kappa shape index (κ3) is 2.84. The van der Waals surface area contributed by atoms with Crippen LogP contribution in [0.4, 0.5) is 5.82 Å². The molecule has 1 aromatic heterocycles. The zero-order chi connectivity index (χ0) is 12.1. The Labute approximate surface area is 103 Å². The zero-order valence-electron chi connectivity index (χ0n) is 10.4. The van der Waals surface area contributed by atoms with Gasteiger partial charge >= 0.3 is 0 Å². The van der Waals surface area contributed by atoms with E-state index in [1.54, 1.807) is 6.20 Å². The van der Waals surface area contributed by atoms with Crippen LogP contribution < -0.4 is 4.90 Å². The largest absolute Gasteiger partial charge is 0.356 e. The molecule has 0 aliphatic heterocycles. The van der Waals surface area contributed by atoms with Crippen molar-refractivity contribution >= 4 is 12.1 Å². The maximum Gasteiger partial charge on any atom is 0.153 e. The summed E-state index contributed by atoms with van der Waals surface area (Å²) in [5.41, 5.74) is 0.701. The van der Waals surface area contributed by atoms with Gasteiger partial charge in [-0.25, -0.2) is 4.98 Å². The maximum atomic E-state index is 11.0. The van der Waals surface area contributed by atoms with Crippen molar-refractivity contribution < 1.29 is 4.79 Å². The molecule has 0 atom stereocenters. The zero-order valence-corrected chi connectivity index (χ0v) is 10.4. The number of aldehydes is 1. The van der Waals surface area contributed by atoms with E-state index >= 15 is 0 Å². The fourth-order valence-electron chi connectivity index (χ4n) is 2.64. The Bertz CT molecular complexity index is 372. The van der Waals surface area contributed by atoms with Crippen molar-refractivity contribution in [3.8, 4) is 0 Å². The molecule has 17 heavy (non-hydrogen) atoms. The molecule has 0 spiro atoms. The van der Waals surface area contributed by atoms with Crippen molar-refractivity contribution in [2.45, 2.75) is 32.6 Å². The lowest BCUT2D eigenvalue weighted by molar-refractivity contribution is 0.112. The van der Waals surface area contributed by atoms with Crippen LogP contribution >= 0.6 is 0 Å². The van der Waals surface area contributed by atoms with E-state index in [9.17, 15) is 4.79 Å². The molecular weight excluding hydrogens is 212 g/mol. The van der Waals surface area contributed by atoms with Crippen LogP contribution in [0.5, 0.6) is 0 Å². The minimum absolute atomic E-state index is 0.701. The predicted molar refractivity (Wildman–Crippen MR) is 69.5 cm³/mol. The lowest BCUT2D eigenvalue weighted by Crippen LogP contribution is -2.30. The van der Waals surface area contributed by atoms with E-state index in [4.69, 9.17) is 0 Å². The number of anilines is 1. The molecule has 1 aromatic rings. The van der Waals surface area contributed by atoms with Crippen LogP contribution in [0, 0.1) is 5.92 Å². The smallest absolute Gasteiger partial charge is 0.153 e. The molecule has 1 heterocycles. The first-order valence-electron chi connectivity index (χ1n) is 6.50. The number of pyridine rings is 1. The van der Waals surface area contributed by atoms with Gasteiger partial charge in [0.2, 0.25) is 0 Å².